The molecule has 0 aromatic heterocycles. The summed E-state index contributed by atoms with van der Waals surface area (Å²) < 4.78 is 0. The Morgan fingerprint density at radius 1 is 1.21 bits per heavy atom. The Morgan fingerprint density at radius 3 is 2.43 bits per heavy atom. The van der Waals surface area contributed by atoms with Gasteiger partial charge >= 0.3 is 0 Å². The normalized spacial score (nSPS) is 18.9. The molecule has 0 heterocycles. The first-order chi connectivity index (χ1) is 6.83. The third-order valence-corrected chi connectivity index (χ3v) is 3.13. The lowest BCUT2D eigenvalue weighted by atomic mass is 9.95. The number of hydrogen-bond donors (Lipinski definition) is 1. The van der Waals surface area contributed by atoms with Gasteiger partial charge in [-0.15, -0.1) is 0 Å². The molecule has 0 unspecified atom stereocenters. The van der Waals surface area contributed by atoms with Gasteiger partial charge in [-0.2, -0.15) is 0 Å². The molecule has 1 saturated carbocycles. The number of carbonyl (C=O) groups excluding carboxylic acids is 1. The number of rotatable bonds is 4. The molecule has 1 fully saturated rings. The molecule has 0 aromatic rings. The van der Waals surface area contributed by atoms with E-state index in [1.54, 1.807) is 0 Å². The molecule has 0 atom stereocenters. The summed E-state index contributed by atoms with van der Waals surface area (Å²) in [6, 6.07) is 0. The summed E-state index contributed by atoms with van der Waals surface area (Å²) in [5.74, 6) is 1.05. The third kappa shape index (κ3) is 4.64. The van der Waals surface area contributed by atoms with Gasteiger partial charge in [0.15, 0.2) is 0 Å². The van der Waals surface area contributed by atoms with Crippen molar-refractivity contribution in [1.82, 2.24) is 5.32 Å². The zero-order chi connectivity index (χ0) is 10.2. The lowest BCUT2D eigenvalue weighted by Gasteiger charge is -2.12. The Labute approximate surface area is 87.5 Å². The minimum absolute atomic E-state index is 0.233. The standard InChI is InChI=1S/C12H23NO/c1-2-13-12(14)10-9-11-7-5-3-4-6-8-11/h11H,2-10H2,1H3,(H,13,14). The number of carbonyl (C=O) groups is 1. The van der Waals surface area contributed by atoms with Crippen LogP contribution in [0.15, 0.2) is 0 Å². The maximum Gasteiger partial charge on any atom is 0.219 e. The number of amides is 1. The molecule has 2 heteroatoms. The van der Waals surface area contributed by atoms with Crippen molar-refractivity contribution in [2.45, 2.75) is 58.3 Å². The van der Waals surface area contributed by atoms with E-state index in [-0.39, 0.29) is 5.91 Å². The van der Waals surface area contributed by atoms with E-state index in [2.05, 4.69) is 5.32 Å². The largest absolute Gasteiger partial charge is 0.356 e. The van der Waals surface area contributed by atoms with Gasteiger partial charge < -0.3 is 5.32 Å². The predicted octanol–water partition coefficient (Wildman–Crippen LogP) is 2.87. The van der Waals surface area contributed by atoms with Gasteiger partial charge in [0.1, 0.15) is 0 Å². The van der Waals surface area contributed by atoms with Gasteiger partial charge in [0.2, 0.25) is 5.91 Å². The maximum absolute atomic E-state index is 11.3. The van der Waals surface area contributed by atoms with Crippen LogP contribution < -0.4 is 5.32 Å². The maximum atomic E-state index is 11.3. The Balaban J connectivity index is 2.12. The van der Waals surface area contributed by atoms with Crippen LogP contribution in [0.3, 0.4) is 0 Å². The molecule has 0 bridgehead atoms. The summed E-state index contributed by atoms with van der Waals surface area (Å²) in [5.41, 5.74) is 0. The molecule has 1 amide bonds. The second-order valence-corrected chi connectivity index (χ2v) is 4.35. The van der Waals surface area contributed by atoms with E-state index in [0.29, 0.717) is 0 Å². The van der Waals surface area contributed by atoms with Crippen molar-refractivity contribution in [2.75, 3.05) is 6.54 Å². The summed E-state index contributed by atoms with van der Waals surface area (Å²) in [5, 5.41) is 2.86. The van der Waals surface area contributed by atoms with Crippen LogP contribution in [0.25, 0.3) is 0 Å². The van der Waals surface area contributed by atoms with Crippen molar-refractivity contribution < 1.29 is 4.79 Å². The van der Waals surface area contributed by atoms with Crippen molar-refractivity contribution in [2.24, 2.45) is 5.92 Å². The third-order valence-electron chi connectivity index (χ3n) is 3.13. The summed E-state index contributed by atoms with van der Waals surface area (Å²) in [6.07, 6.45) is 10.1. The fourth-order valence-electron chi connectivity index (χ4n) is 2.27. The van der Waals surface area contributed by atoms with Crippen molar-refractivity contribution in [3.8, 4) is 0 Å². The molecular formula is C12H23NO. The Bertz CT molecular complexity index is 160. The summed E-state index contributed by atoms with van der Waals surface area (Å²) in [4.78, 5) is 11.3. The first-order valence-corrected chi connectivity index (χ1v) is 6.09. The van der Waals surface area contributed by atoms with Crippen LogP contribution in [-0.4, -0.2) is 12.5 Å². The van der Waals surface area contributed by atoms with Crippen LogP contribution in [0.5, 0.6) is 0 Å². The number of hydrogen-bond acceptors (Lipinski definition) is 1. The van der Waals surface area contributed by atoms with Crippen LogP contribution >= 0.6 is 0 Å². The lowest BCUT2D eigenvalue weighted by Crippen LogP contribution is -2.23. The van der Waals surface area contributed by atoms with Crippen molar-refractivity contribution >= 4 is 5.91 Å². The van der Waals surface area contributed by atoms with Crippen molar-refractivity contribution in [3.05, 3.63) is 0 Å². The average molecular weight is 197 g/mol. The summed E-state index contributed by atoms with van der Waals surface area (Å²) in [7, 11) is 0. The van der Waals surface area contributed by atoms with E-state index >= 15 is 0 Å². The molecule has 14 heavy (non-hydrogen) atoms. The SMILES string of the molecule is CCNC(=O)CCC1CCCCCC1. The van der Waals surface area contributed by atoms with Crippen LogP contribution in [-0.2, 0) is 4.79 Å². The van der Waals surface area contributed by atoms with Crippen molar-refractivity contribution in [1.29, 1.82) is 0 Å². The summed E-state index contributed by atoms with van der Waals surface area (Å²) >= 11 is 0. The van der Waals surface area contributed by atoms with E-state index in [0.717, 1.165) is 25.3 Å². The van der Waals surface area contributed by atoms with Crippen LogP contribution in [0, 0.1) is 5.92 Å². The Morgan fingerprint density at radius 2 is 1.86 bits per heavy atom. The Kier molecular flexibility index (Phi) is 5.65. The highest BCUT2D eigenvalue weighted by atomic mass is 16.1. The molecule has 0 spiro atoms. The molecule has 1 N–H and O–H groups in total. The Hall–Kier alpha value is -0.530. The summed E-state index contributed by atoms with van der Waals surface area (Å²) in [6.45, 7) is 2.74. The second-order valence-electron chi connectivity index (χ2n) is 4.35. The van der Waals surface area contributed by atoms with Gasteiger partial charge in [-0.1, -0.05) is 38.5 Å². The zero-order valence-electron chi connectivity index (χ0n) is 9.35. The van der Waals surface area contributed by atoms with Gasteiger partial charge in [0, 0.05) is 13.0 Å². The minimum Gasteiger partial charge on any atom is -0.356 e. The van der Waals surface area contributed by atoms with E-state index < -0.39 is 0 Å². The van der Waals surface area contributed by atoms with E-state index in [1.165, 1.54) is 38.5 Å². The molecule has 0 aliphatic heterocycles. The highest BCUT2D eigenvalue weighted by Crippen LogP contribution is 2.26. The molecule has 0 saturated heterocycles. The second kappa shape index (κ2) is 6.86. The van der Waals surface area contributed by atoms with Gasteiger partial charge in [0.05, 0.1) is 0 Å². The van der Waals surface area contributed by atoms with Gasteiger partial charge in [-0.3, -0.25) is 4.79 Å². The molecular weight excluding hydrogens is 174 g/mol. The van der Waals surface area contributed by atoms with Crippen LogP contribution in [0.1, 0.15) is 58.3 Å². The molecule has 1 rings (SSSR count). The topological polar surface area (TPSA) is 29.1 Å². The van der Waals surface area contributed by atoms with Crippen LogP contribution in [0.4, 0.5) is 0 Å². The first-order valence-electron chi connectivity index (χ1n) is 6.09. The van der Waals surface area contributed by atoms with E-state index in [4.69, 9.17) is 0 Å². The fraction of sp³-hybridized carbons (Fsp3) is 0.917. The fourth-order valence-corrected chi connectivity index (χ4v) is 2.27. The lowest BCUT2D eigenvalue weighted by molar-refractivity contribution is -0.121. The predicted molar refractivity (Wildman–Crippen MR) is 59.1 cm³/mol. The van der Waals surface area contributed by atoms with Crippen LogP contribution in [0.2, 0.25) is 0 Å². The molecule has 0 aromatic carbocycles. The molecule has 82 valence electrons. The van der Waals surface area contributed by atoms with E-state index in [9.17, 15) is 4.79 Å². The smallest absolute Gasteiger partial charge is 0.219 e. The molecule has 1 aliphatic rings. The molecule has 1 aliphatic carbocycles. The van der Waals surface area contributed by atoms with Gasteiger partial charge in [-0.05, 0) is 19.3 Å². The monoisotopic (exact) mass is 197 g/mol. The number of nitrogens with one attached hydrogen (secondary N) is 1. The average Bonchev–Trinajstić information content (AvgIpc) is 2.43. The molecule has 0 radical (unpaired) electrons. The highest BCUT2D eigenvalue weighted by Gasteiger charge is 2.13. The van der Waals surface area contributed by atoms with Crippen molar-refractivity contribution in [3.63, 3.8) is 0 Å². The quantitative estimate of drug-likeness (QED) is 0.690. The van der Waals surface area contributed by atoms with Gasteiger partial charge in [-0.25, -0.2) is 0 Å². The first kappa shape index (κ1) is 11.5. The molecule has 2 nitrogen and oxygen atoms in total. The van der Waals surface area contributed by atoms with E-state index in [1.807, 2.05) is 6.92 Å². The van der Waals surface area contributed by atoms with Gasteiger partial charge in [0.25, 0.3) is 0 Å². The minimum atomic E-state index is 0.233. The zero-order valence-corrected chi connectivity index (χ0v) is 9.35. The highest BCUT2D eigenvalue weighted by molar-refractivity contribution is 5.75.